The molecule has 0 aromatic carbocycles. The molecule has 0 atom stereocenters. The van der Waals surface area contributed by atoms with Crippen LogP contribution < -0.4 is 11.1 Å². The maximum Gasteiger partial charge on any atom is 0.265 e. The van der Waals surface area contributed by atoms with E-state index in [-0.39, 0.29) is 5.91 Å². The molecule has 5 nitrogen and oxygen atoms in total. The van der Waals surface area contributed by atoms with Crippen LogP contribution in [0.3, 0.4) is 0 Å². The summed E-state index contributed by atoms with van der Waals surface area (Å²) >= 11 is 0. The normalized spacial score (nSPS) is 10.0. The first-order valence-electron chi connectivity index (χ1n) is 4.83. The molecule has 15 heavy (non-hydrogen) atoms. The molecule has 5 heteroatoms. The lowest BCUT2D eigenvalue weighted by Crippen LogP contribution is -2.14. The number of nitrogens with two attached hydrogens (primary N) is 1. The quantitative estimate of drug-likeness (QED) is 0.694. The topological polar surface area (TPSA) is 88.0 Å². The molecule has 4 N–H and O–H groups in total. The molecular formula is C10H15N3O2. The third-order valence-electron chi connectivity index (χ3n) is 2.14. The first-order chi connectivity index (χ1) is 7.06. The van der Waals surface area contributed by atoms with E-state index < -0.39 is 5.91 Å². The van der Waals surface area contributed by atoms with Gasteiger partial charge in [0.1, 0.15) is 5.69 Å². The summed E-state index contributed by atoms with van der Waals surface area (Å²) in [6.07, 6.45) is 2.83. The summed E-state index contributed by atoms with van der Waals surface area (Å²) in [6.45, 7) is 3.66. The number of anilines is 1. The van der Waals surface area contributed by atoms with E-state index >= 15 is 0 Å². The molecule has 0 fully saturated rings. The number of nitrogens with one attached hydrogen (secondary N) is 2. The summed E-state index contributed by atoms with van der Waals surface area (Å²) < 4.78 is 0. The molecule has 82 valence electrons. The summed E-state index contributed by atoms with van der Waals surface area (Å²) in [5, 5.41) is 2.71. The van der Waals surface area contributed by atoms with Gasteiger partial charge in [0, 0.05) is 18.2 Å². The zero-order chi connectivity index (χ0) is 11.4. The van der Waals surface area contributed by atoms with E-state index in [1.165, 1.54) is 0 Å². The molecule has 0 unspecified atom stereocenters. The minimum atomic E-state index is -0.525. The first kappa shape index (κ1) is 11.3. The van der Waals surface area contributed by atoms with Crippen molar-refractivity contribution in [1.82, 2.24) is 4.98 Å². The molecule has 1 rings (SSSR count). The summed E-state index contributed by atoms with van der Waals surface area (Å²) in [5.74, 6) is -0.584. The van der Waals surface area contributed by atoms with Gasteiger partial charge in [-0.05, 0) is 13.3 Å². The Morgan fingerprint density at radius 2 is 2.20 bits per heavy atom. The second-order valence-electron chi connectivity index (χ2n) is 3.36. The van der Waals surface area contributed by atoms with Crippen LogP contribution in [0.5, 0.6) is 0 Å². The highest BCUT2D eigenvalue weighted by Gasteiger charge is 2.12. The lowest BCUT2D eigenvalue weighted by atomic mass is 10.2. The number of hydrogen-bond acceptors (Lipinski definition) is 2. The number of hydrogen-bond donors (Lipinski definition) is 3. The molecule has 1 aromatic rings. The van der Waals surface area contributed by atoms with E-state index in [1.807, 2.05) is 6.92 Å². The number of primary amides is 1. The van der Waals surface area contributed by atoms with Crippen molar-refractivity contribution in [2.24, 2.45) is 5.73 Å². The van der Waals surface area contributed by atoms with Gasteiger partial charge < -0.3 is 16.0 Å². The lowest BCUT2D eigenvalue weighted by molar-refractivity contribution is -0.116. The standard InChI is InChI=1S/C10H15N3O2/c1-3-4-8(14)13-7-5-12-9(6(7)2)10(11)15/h5,12H,3-4H2,1-2H3,(H2,11,15)(H,13,14). The predicted molar refractivity (Wildman–Crippen MR) is 57.6 cm³/mol. The predicted octanol–water partition coefficient (Wildman–Crippen LogP) is 1.16. The zero-order valence-electron chi connectivity index (χ0n) is 8.89. The van der Waals surface area contributed by atoms with E-state index in [9.17, 15) is 9.59 Å². The highest BCUT2D eigenvalue weighted by molar-refractivity contribution is 5.97. The molecule has 1 aromatic heterocycles. The van der Waals surface area contributed by atoms with Crippen LogP contribution in [0.1, 0.15) is 35.8 Å². The number of amides is 2. The van der Waals surface area contributed by atoms with Gasteiger partial charge in [0.15, 0.2) is 0 Å². The Morgan fingerprint density at radius 3 is 2.67 bits per heavy atom. The number of H-pyrrole nitrogens is 1. The van der Waals surface area contributed by atoms with Crippen LogP contribution in [-0.2, 0) is 4.79 Å². The molecule has 0 spiro atoms. The van der Waals surface area contributed by atoms with Crippen molar-refractivity contribution >= 4 is 17.5 Å². The number of aromatic amines is 1. The van der Waals surface area contributed by atoms with Gasteiger partial charge in [-0.15, -0.1) is 0 Å². The fourth-order valence-corrected chi connectivity index (χ4v) is 1.32. The second-order valence-corrected chi connectivity index (χ2v) is 3.36. The molecule has 0 aliphatic carbocycles. The third kappa shape index (κ3) is 2.59. The molecule has 0 aliphatic heterocycles. The van der Waals surface area contributed by atoms with Crippen molar-refractivity contribution in [3.8, 4) is 0 Å². The van der Waals surface area contributed by atoms with Crippen LogP contribution in [0.25, 0.3) is 0 Å². The Labute approximate surface area is 88.0 Å². The molecule has 0 saturated carbocycles. The first-order valence-corrected chi connectivity index (χ1v) is 4.83. The van der Waals surface area contributed by atoms with Gasteiger partial charge >= 0.3 is 0 Å². The number of aromatic nitrogens is 1. The Kier molecular flexibility index (Phi) is 3.49. The van der Waals surface area contributed by atoms with E-state index in [2.05, 4.69) is 10.3 Å². The summed E-state index contributed by atoms with van der Waals surface area (Å²) in [4.78, 5) is 25.0. The SMILES string of the molecule is CCCC(=O)Nc1c[nH]c(C(N)=O)c1C. The van der Waals surface area contributed by atoms with Crippen LogP contribution in [0.2, 0.25) is 0 Å². The summed E-state index contributed by atoms with van der Waals surface area (Å²) in [7, 11) is 0. The molecular weight excluding hydrogens is 194 g/mol. The number of rotatable bonds is 4. The molecule has 0 aliphatic rings. The van der Waals surface area contributed by atoms with Crippen LogP contribution in [0.15, 0.2) is 6.20 Å². The minimum absolute atomic E-state index is 0.0596. The van der Waals surface area contributed by atoms with Crippen LogP contribution in [0.4, 0.5) is 5.69 Å². The van der Waals surface area contributed by atoms with E-state index in [4.69, 9.17) is 5.73 Å². The minimum Gasteiger partial charge on any atom is -0.364 e. The molecule has 0 radical (unpaired) electrons. The maximum absolute atomic E-state index is 11.3. The third-order valence-corrected chi connectivity index (χ3v) is 2.14. The molecule has 0 saturated heterocycles. The van der Waals surface area contributed by atoms with Crippen molar-refractivity contribution < 1.29 is 9.59 Å². The second kappa shape index (κ2) is 4.63. The van der Waals surface area contributed by atoms with Crippen molar-refractivity contribution in [2.45, 2.75) is 26.7 Å². The largest absolute Gasteiger partial charge is 0.364 e. The number of carbonyl (C=O) groups excluding carboxylic acids is 2. The van der Waals surface area contributed by atoms with Gasteiger partial charge in [0.05, 0.1) is 5.69 Å². The van der Waals surface area contributed by atoms with Gasteiger partial charge in [-0.1, -0.05) is 6.92 Å². The van der Waals surface area contributed by atoms with E-state index in [0.717, 1.165) is 6.42 Å². The number of carbonyl (C=O) groups is 2. The van der Waals surface area contributed by atoms with Crippen LogP contribution in [0, 0.1) is 6.92 Å². The van der Waals surface area contributed by atoms with Gasteiger partial charge in [0.25, 0.3) is 5.91 Å². The van der Waals surface area contributed by atoms with Crippen molar-refractivity contribution in [3.05, 3.63) is 17.5 Å². The van der Waals surface area contributed by atoms with Gasteiger partial charge in [0.2, 0.25) is 5.91 Å². The Bertz CT molecular complexity index is 382. The fourth-order valence-electron chi connectivity index (χ4n) is 1.32. The van der Waals surface area contributed by atoms with E-state index in [0.29, 0.717) is 23.4 Å². The molecule has 1 heterocycles. The smallest absolute Gasteiger partial charge is 0.265 e. The van der Waals surface area contributed by atoms with Crippen molar-refractivity contribution in [1.29, 1.82) is 0 Å². The molecule has 2 amide bonds. The van der Waals surface area contributed by atoms with Gasteiger partial charge in [-0.25, -0.2) is 0 Å². The molecule has 0 bridgehead atoms. The van der Waals surface area contributed by atoms with Crippen LogP contribution >= 0.6 is 0 Å². The average molecular weight is 209 g/mol. The van der Waals surface area contributed by atoms with Crippen molar-refractivity contribution in [2.75, 3.05) is 5.32 Å². The van der Waals surface area contributed by atoms with Crippen molar-refractivity contribution in [3.63, 3.8) is 0 Å². The summed E-state index contributed by atoms with van der Waals surface area (Å²) in [5.41, 5.74) is 6.76. The van der Waals surface area contributed by atoms with Crippen LogP contribution in [-0.4, -0.2) is 16.8 Å². The van der Waals surface area contributed by atoms with E-state index in [1.54, 1.807) is 13.1 Å². The Balaban J connectivity index is 2.79. The fraction of sp³-hybridized carbons (Fsp3) is 0.400. The average Bonchev–Trinajstić information content (AvgIpc) is 2.48. The summed E-state index contributed by atoms with van der Waals surface area (Å²) in [6, 6.07) is 0. The Hall–Kier alpha value is -1.78. The van der Waals surface area contributed by atoms with Gasteiger partial charge in [-0.3, -0.25) is 9.59 Å². The lowest BCUT2D eigenvalue weighted by Gasteiger charge is -2.02. The van der Waals surface area contributed by atoms with Gasteiger partial charge in [-0.2, -0.15) is 0 Å². The monoisotopic (exact) mass is 209 g/mol. The highest BCUT2D eigenvalue weighted by atomic mass is 16.2. The maximum atomic E-state index is 11.3. The highest BCUT2D eigenvalue weighted by Crippen LogP contribution is 2.18. The Morgan fingerprint density at radius 1 is 1.53 bits per heavy atom. The zero-order valence-corrected chi connectivity index (χ0v) is 8.89.